The molecule has 0 aliphatic carbocycles. The molecule has 2 heteroatoms. The lowest BCUT2D eigenvalue weighted by Crippen LogP contribution is -2.12. The molecule has 0 atom stereocenters. The van der Waals surface area contributed by atoms with Crippen LogP contribution in [0.1, 0.15) is 36.5 Å². The van der Waals surface area contributed by atoms with E-state index >= 15 is 0 Å². The molecule has 2 aromatic carbocycles. The van der Waals surface area contributed by atoms with E-state index in [1.165, 1.54) is 27.6 Å². The molecular weight excluding hydrogens is 256 g/mol. The van der Waals surface area contributed by atoms with Crippen LogP contribution in [0.3, 0.4) is 0 Å². The number of hydrogen-bond donors (Lipinski definition) is 2. The van der Waals surface area contributed by atoms with Gasteiger partial charge < -0.3 is 10.3 Å². The number of benzene rings is 2. The predicted octanol–water partition coefficient (Wildman–Crippen LogP) is 4.58. The number of fused-ring (bicyclic) bond motifs is 1. The summed E-state index contributed by atoms with van der Waals surface area (Å²) < 4.78 is 0. The fourth-order valence-electron chi connectivity index (χ4n) is 2.64. The second kappa shape index (κ2) is 6.15. The van der Waals surface area contributed by atoms with Crippen LogP contribution in [0.4, 0.5) is 0 Å². The maximum absolute atomic E-state index is 3.52. The highest BCUT2D eigenvalue weighted by atomic mass is 14.9. The topological polar surface area (TPSA) is 27.8 Å². The molecule has 0 amide bonds. The summed E-state index contributed by atoms with van der Waals surface area (Å²) in [5.74, 6) is 0.596. The summed E-state index contributed by atoms with van der Waals surface area (Å²) in [6.45, 7) is 6.24. The number of aromatic amines is 1. The van der Waals surface area contributed by atoms with Crippen LogP contribution in [-0.4, -0.2) is 4.98 Å². The molecule has 3 rings (SSSR count). The number of para-hydroxylation sites is 1. The van der Waals surface area contributed by atoms with Crippen LogP contribution < -0.4 is 5.32 Å². The van der Waals surface area contributed by atoms with Crippen molar-refractivity contribution in [1.82, 2.24) is 10.3 Å². The molecule has 108 valence electrons. The number of H-pyrrole nitrogens is 1. The first-order valence-corrected chi connectivity index (χ1v) is 7.58. The minimum Gasteiger partial charge on any atom is -0.361 e. The van der Waals surface area contributed by atoms with E-state index in [9.17, 15) is 0 Å². The van der Waals surface area contributed by atoms with Crippen LogP contribution in [0, 0.1) is 0 Å². The van der Waals surface area contributed by atoms with Gasteiger partial charge >= 0.3 is 0 Å². The quantitative estimate of drug-likeness (QED) is 0.702. The molecule has 2 N–H and O–H groups in total. The molecule has 21 heavy (non-hydrogen) atoms. The highest BCUT2D eigenvalue weighted by Crippen LogP contribution is 2.18. The first-order valence-electron chi connectivity index (χ1n) is 7.58. The summed E-state index contributed by atoms with van der Waals surface area (Å²) in [6.07, 6.45) is 2.10. The van der Waals surface area contributed by atoms with Gasteiger partial charge in [0.25, 0.3) is 0 Å². The lowest BCUT2D eigenvalue weighted by molar-refractivity contribution is 0.696. The Bertz CT molecular complexity index is 708. The first kappa shape index (κ1) is 13.9. The molecule has 2 nitrogen and oxygen atoms in total. The zero-order chi connectivity index (χ0) is 14.7. The fourth-order valence-corrected chi connectivity index (χ4v) is 2.64. The van der Waals surface area contributed by atoms with Crippen LogP contribution in [0.15, 0.2) is 54.7 Å². The van der Waals surface area contributed by atoms with Gasteiger partial charge in [0.15, 0.2) is 0 Å². The van der Waals surface area contributed by atoms with Crippen molar-refractivity contribution < 1.29 is 0 Å². The van der Waals surface area contributed by atoms with Gasteiger partial charge in [0.2, 0.25) is 0 Å². The van der Waals surface area contributed by atoms with E-state index in [-0.39, 0.29) is 0 Å². The average molecular weight is 278 g/mol. The zero-order valence-electron chi connectivity index (χ0n) is 12.7. The summed E-state index contributed by atoms with van der Waals surface area (Å²) >= 11 is 0. The second-order valence-electron chi connectivity index (χ2n) is 5.86. The summed E-state index contributed by atoms with van der Waals surface area (Å²) in [7, 11) is 0. The Hall–Kier alpha value is -2.06. The Labute approximate surface area is 126 Å². The van der Waals surface area contributed by atoms with Crippen molar-refractivity contribution in [3.63, 3.8) is 0 Å². The predicted molar refractivity (Wildman–Crippen MR) is 89.4 cm³/mol. The van der Waals surface area contributed by atoms with Crippen molar-refractivity contribution in [2.75, 3.05) is 0 Å². The summed E-state index contributed by atoms with van der Waals surface area (Å²) in [5, 5.41) is 4.83. The van der Waals surface area contributed by atoms with Crippen molar-refractivity contribution >= 4 is 10.9 Å². The van der Waals surface area contributed by atoms with E-state index in [0.29, 0.717) is 5.92 Å². The van der Waals surface area contributed by atoms with Gasteiger partial charge in [-0.3, -0.25) is 0 Å². The standard InChI is InChI=1S/C19H22N2/c1-14(2)16-9-7-15(8-10-16)11-20-12-17-13-21-19-6-4-3-5-18(17)19/h3-10,13-14,20-21H,11-12H2,1-2H3. The second-order valence-corrected chi connectivity index (χ2v) is 5.86. The van der Waals surface area contributed by atoms with Gasteiger partial charge in [0.05, 0.1) is 0 Å². The molecule has 3 aromatic rings. The minimum atomic E-state index is 0.596. The average Bonchev–Trinajstić information content (AvgIpc) is 2.91. The molecule has 0 spiro atoms. The first-order chi connectivity index (χ1) is 10.2. The highest BCUT2D eigenvalue weighted by Gasteiger charge is 2.03. The van der Waals surface area contributed by atoms with Crippen molar-refractivity contribution in [1.29, 1.82) is 0 Å². The Kier molecular flexibility index (Phi) is 4.07. The van der Waals surface area contributed by atoms with E-state index in [0.717, 1.165) is 13.1 Å². The molecule has 0 saturated heterocycles. The van der Waals surface area contributed by atoms with E-state index in [1.807, 2.05) is 0 Å². The molecule has 1 heterocycles. The van der Waals surface area contributed by atoms with E-state index in [2.05, 4.69) is 78.9 Å². The van der Waals surface area contributed by atoms with Gasteiger partial charge in [0, 0.05) is 30.2 Å². The number of aromatic nitrogens is 1. The number of hydrogen-bond acceptors (Lipinski definition) is 1. The Morgan fingerprint density at radius 3 is 2.48 bits per heavy atom. The molecule has 0 bridgehead atoms. The Morgan fingerprint density at radius 2 is 1.71 bits per heavy atom. The van der Waals surface area contributed by atoms with Gasteiger partial charge in [-0.15, -0.1) is 0 Å². The van der Waals surface area contributed by atoms with Crippen LogP contribution in [-0.2, 0) is 13.1 Å². The molecule has 0 aliphatic heterocycles. The molecular formula is C19H22N2. The minimum absolute atomic E-state index is 0.596. The van der Waals surface area contributed by atoms with Crippen LogP contribution in [0.25, 0.3) is 10.9 Å². The largest absolute Gasteiger partial charge is 0.361 e. The van der Waals surface area contributed by atoms with Crippen molar-refractivity contribution in [3.8, 4) is 0 Å². The third-order valence-electron chi connectivity index (χ3n) is 3.97. The smallest absolute Gasteiger partial charge is 0.0457 e. The SMILES string of the molecule is CC(C)c1ccc(CNCc2c[nH]c3ccccc23)cc1. The van der Waals surface area contributed by atoms with Crippen molar-refractivity contribution in [2.24, 2.45) is 0 Å². The van der Waals surface area contributed by atoms with Crippen molar-refractivity contribution in [3.05, 3.63) is 71.4 Å². The molecule has 0 radical (unpaired) electrons. The van der Waals surface area contributed by atoms with Gasteiger partial charge in [0.1, 0.15) is 0 Å². The molecule has 0 unspecified atom stereocenters. The lowest BCUT2D eigenvalue weighted by Gasteiger charge is -2.08. The van der Waals surface area contributed by atoms with E-state index in [1.54, 1.807) is 0 Å². The summed E-state index contributed by atoms with van der Waals surface area (Å²) in [5.41, 5.74) is 5.26. The van der Waals surface area contributed by atoms with Gasteiger partial charge in [-0.2, -0.15) is 0 Å². The summed E-state index contributed by atoms with van der Waals surface area (Å²) in [6, 6.07) is 17.3. The summed E-state index contributed by atoms with van der Waals surface area (Å²) in [4.78, 5) is 3.32. The molecule has 0 fully saturated rings. The molecule has 0 aliphatic rings. The van der Waals surface area contributed by atoms with E-state index in [4.69, 9.17) is 0 Å². The van der Waals surface area contributed by atoms with E-state index < -0.39 is 0 Å². The van der Waals surface area contributed by atoms with Gasteiger partial charge in [-0.05, 0) is 28.7 Å². The van der Waals surface area contributed by atoms with Crippen LogP contribution in [0.5, 0.6) is 0 Å². The Morgan fingerprint density at radius 1 is 0.952 bits per heavy atom. The fraction of sp³-hybridized carbons (Fsp3) is 0.263. The third-order valence-corrected chi connectivity index (χ3v) is 3.97. The molecule has 1 aromatic heterocycles. The number of nitrogens with one attached hydrogen (secondary N) is 2. The molecule has 0 saturated carbocycles. The third kappa shape index (κ3) is 3.17. The van der Waals surface area contributed by atoms with Crippen LogP contribution >= 0.6 is 0 Å². The maximum atomic E-state index is 3.52. The monoisotopic (exact) mass is 278 g/mol. The van der Waals surface area contributed by atoms with Crippen molar-refractivity contribution in [2.45, 2.75) is 32.9 Å². The van der Waals surface area contributed by atoms with Gasteiger partial charge in [-0.25, -0.2) is 0 Å². The van der Waals surface area contributed by atoms with Gasteiger partial charge in [-0.1, -0.05) is 56.3 Å². The number of rotatable bonds is 5. The zero-order valence-corrected chi connectivity index (χ0v) is 12.7. The van der Waals surface area contributed by atoms with Crippen LogP contribution in [0.2, 0.25) is 0 Å². The lowest BCUT2D eigenvalue weighted by atomic mass is 10.0. The Balaban J connectivity index is 1.61. The highest BCUT2D eigenvalue weighted by molar-refractivity contribution is 5.82. The normalized spacial score (nSPS) is 11.4. The maximum Gasteiger partial charge on any atom is 0.0457 e.